The fourth-order valence-electron chi connectivity index (χ4n) is 1.40. The smallest absolute Gasteiger partial charge is 0.124 e. The Morgan fingerprint density at radius 1 is 1.59 bits per heavy atom. The van der Waals surface area contributed by atoms with Crippen molar-refractivity contribution in [3.8, 4) is 0 Å². The van der Waals surface area contributed by atoms with Crippen LogP contribution >= 0.6 is 24.0 Å². The standard InChI is InChI=1S/C12H17FN2S2/c1-8(17-2)5-6-15-11-4-3-9(13)7-10(11)12(14)16/h3-4,7-8,15H,5-6H2,1-2H3,(H2,14,16). The van der Waals surface area contributed by atoms with Crippen LogP contribution in [-0.4, -0.2) is 23.0 Å². The van der Waals surface area contributed by atoms with Crippen molar-refractivity contribution in [1.82, 2.24) is 0 Å². The van der Waals surface area contributed by atoms with Crippen molar-refractivity contribution >= 4 is 34.7 Å². The highest BCUT2D eigenvalue weighted by Gasteiger charge is 2.07. The van der Waals surface area contributed by atoms with Gasteiger partial charge in [-0.2, -0.15) is 11.8 Å². The third-order valence-electron chi connectivity index (χ3n) is 2.52. The summed E-state index contributed by atoms with van der Waals surface area (Å²) in [6.07, 6.45) is 3.12. The molecule has 1 rings (SSSR count). The molecule has 2 nitrogen and oxygen atoms in total. The molecule has 0 fully saturated rings. The molecule has 0 aliphatic carbocycles. The van der Waals surface area contributed by atoms with Crippen molar-refractivity contribution in [2.45, 2.75) is 18.6 Å². The van der Waals surface area contributed by atoms with Crippen molar-refractivity contribution in [1.29, 1.82) is 0 Å². The van der Waals surface area contributed by atoms with Gasteiger partial charge in [0.2, 0.25) is 0 Å². The average molecular weight is 272 g/mol. The van der Waals surface area contributed by atoms with Gasteiger partial charge < -0.3 is 11.1 Å². The van der Waals surface area contributed by atoms with Crippen molar-refractivity contribution in [2.75, 3.05) is 18.1 Å². The number of thioether (sulfide) groups is 1. The Labute approximate surface area is 111 Å². The number of nitrogens with one attached hydrogen (secondary N) is 1. The molecular formula is C12H17FN2S2. The molecule has 1 aromatic carbocycles. The lowest BCUT2D eigenvalue weighted by Crippen LogP contribution is -2.15. The molecule has 0 aliphatic heterocycles. The third kappa shape index (κ3) is 4.52. The van der Waals surface area contributed by atoms with E-state index < -0.39 is 0 Å². The van der Waals surface area contributed by atoms with Crippen LogP contribution in [-0.2, 0) is 0 Å². The molecule has 17 heavy (non-hydrogen) atoms. The number of nitrogens with two attached hydrogens (primary N) is 1. The van der Waals surface area contributed by atoms with Crippen LogP contribution in [0.5, 0.6) is 0 Å². The van der Waals surface area contributed by atoms with Crippen LogP contribution in [0.15, 0.2) is 18.2 Å². The molecule has 0 amide bonds. The normalized spacial score (nSPS) is 12.2. The topological polar surface area (TPSA) is 38.0 Å². The lowest BCUT2D eigenvalue weighted by Gasteiger charge is -2.13. The van der Waals surface area contributed by atoms with Crippen LogP contribution in [0.3, 0.4) is 0 Å². The first-order chi connectivity index (χ1) is 8.04. The summed E-state index contributed by atoms with van der Waals surface area (Å²) in [5, 5.41) is 3.83. The van der Waals surface area contributed by atoms with Crippen LogP contribution in [0.25, 0.3) is 0 Å². The molecule has 0 aromatic heterocycles. The molecule has 0 saturated carbocycles. The van der Waals surface area contributed by atoms with Crippen LogP contribution in [0, 0.1) is 5.82 Å². The maximum atomic E-state index is 13.1. The monoisotopic (exact) mass is 272 g/mol. The van der Waals surface area contributed by atoms with Crippen molar-refractivity contribution in [2.24, 2.45) is 5.73 Å². The molecule has 3 N–H and O–H groups in total. The Bertz CT molecular complexity index is 396. The molecule has 0 bridgehead atoms. The fraction of sp³-hybridized carbons (Fsp3) is 0.417. The molecule has 5 heteroatoms. The van der Waals surface area contributed by atoms with Gasteiger partial charge in [-0.25, -0.2) is 4.39 Å². The van der Waals surface area contributed by atoms with Crippen molar-refractivity contribution in [3.05, 3.63) is 29.6 Å². The number of rotatable bonds is 6. The molecule has 1 unspecified atom stereocenters. The van der Waals surface area contributed by atoms with E-state index in [0.717, 1.165) is 18.7 Å². The lowest BCUT2D eigenvalue weighted by atomic mass is 10.1. The van der Waals surface area contributed by atoms with E-state index in [0.29, 0.717) is 10.8 Å². The van der Waals surface area contributed by atoms with Crippen LogP contribution in [0.2, 0.25) is 0 Å². The Balaban J connectivity index is 2.67. The summed E-state index contributed by atoms with van der Waals surface area (Å²) in [7, 11) is 0. The predicted octanol–water partition coefficient (Wildman–Crippen LogP) is 3.01. The molecule has 94 valence electrons. The number of hydrogen-bond acceptors (Lipinski definition) is 3. The SMILES string of the molecule is CSC(C)CCNc1ccc(F)cc1C(N)=S. The summed E-state index contributed by atoms with van der Waals surface area (Å²) in [4.78, 5) is 0.213. The summed E-state index contributed by atoms with van der Waals surface area (Å²) in [5.74, 6) is -0.323. The average Bonchev–Trinajstić information content (AvgIpc) is 2.30. The molecule has 1 aromatic rings. The van der Waals surface area contributed by atoms with Crippen molar-refractivity contribution < 1.29 is 4.39 Å². The van der Waals surface area contributed by atoms with Crippen LogP contribution in [0.1, 0.15) is 18.9 Å². The Kier molecular flexibility index (Phi) is 5.71. The van der Waals surface area contributed by atoms with E-state index in [1.807, 2.05) is 11.8 Å². The molecule has 0 radical (unpaired) electrons. The maximum Gasteiger partial charge on any atom is 0.124 e. The highest BCUT2D eigenvalue weighted by molar-refractivity contribution is 7.99. The molecule has 0 aliphatic rings. The Morgan fingerprint density at radius 3 is 2.88 bits per heavy atom. The van der Waals surface area contributed by atoms with E-state index in [1.54, 1.807) is 6.07 Å². The minimum Gasteiger partial charge on any atom is -0.389 e. The quantitative estimate of drug-likeness (QED) is 0.781. The number of hydrogen-bond donors (Lipinski definition) is 2. The summed E-state index contributed by atoms with van der Waals surface area (Å²) in [6, 6.07) is 4.44. The number of anilines is 1. The zero-order valence-electron chi connectivity index (χ0n) is 10.00. The summed E-state index contributed by atoms with van der Waals surface area (Å²) >= 11 is 6.72. The van der Waals surface area contributed by atoms with Gasteiger partial charge in [0, 0.05) is 23.0 Å². The first kappa shape index (κ1) is 14.3. The third-order valence-corrected chi connectivity index (χ3v) is 3.78. The maximum absolute atomic E-state index is 13.1. The molecule has 0 saturated heterocycles. The van der Waals surface area contributed by atoms with E-state index in [2.05, 4.69) is 18.5 Å². The second kappa shape index (κ2) is 6.81. The van der Waals surface area contributed by atoms with E-state index in [4.69, 9.17) is 18.0 Å². The van der Waals surface area contributed by atoms with Gasteiger partial charge in [0.15, 0.2) is 0 Å². The van der Waals surface area contributed by atoms with E-state index in [1.165, 1.54) is 12.1 Å². The van der Waals surface area contributed by atoms with Gasteiger partial charge in [-0.3, -0.25) is 0 Å². The fourth-order valence-corrected chi connectivity index (χ4v) is 1.92. The van der Waals surface area contributed by atoms with Crippen LogP contribution < -0.4 is 11.1 Å². The van der Waals surface area contributed by atoms with E-state index >= 15 is 0 Å². The predicted molar refractivity (Wildman–Crippen MR) is 78.4 cm³/mol. The van der Waals surface area contributed by atoms with Crippen molar-refractivity contribution in [3.63, 3.8) is 0 Å². The second-order valence-electron chi connectivity index (χ2n) is 3.82. The minimum absolute atomic E-state index is 0.213. The van der Waals surface area contributed by atoms with Gasteiger partial charge in [-0.05, 0) is 30.9 Å². The first-order valence-corrected chi connectivity index (χ1v) is 7.10. The summed E-state index contributed by atoms with van der Waals surface area (Å²) in [6.45, 7) is 2.99. The van der Waals surface area contributed by atoms with Gasteiger partial charge in [0.25, 0.3) is 0 Å². The van der Waals surface area contributed by atoms with E-state index in [9.17, 15) is 4.39 Å². The second-order valence-corrected chi connectivity index (χ2v) is 5.53. The highest BCUT2D eigenvalue weighted by atomic mass is 32.2. The highest BCUT2D eigenvalue weighted by Crippen LogP contribution is 2.18. The van der Waals surface area contributed by atoms with Gasteiger partial charge >= 0.3 is 0 Å². The Hall–Kier alpha value is -0.810. The molecule has 0 spiro atoms. The molecule has 1 atom stereocenters. The summed E-state index contributed by atoms with van der Waals surface area (Å²) in [5.41, 5.74) is 6.93. The Morgan fingerprint density at radius 2 is 2.29 bits per heavy atom. The zero-order valence-corrected chi connectivity index (χ0v) is 11.6. The lowest BCUT2D eigenvalue weighted by molar-refractivity contribution is 0.627. The number of thiocarbonyl (C=S) groups is 1. The summed E-state index contributed by atoms with van der Waals surface area (Å²) < 4.78 is 13.1. The van der Waals surface area contributed by atoms with Crippen LogP contribution in [0.4, 0.5) is 10.1 Å². The zero-order chi connectivity index (χ0) is 12.8. The number of benzene rings is 1. The largest absolute Gasteiger partial charge is 0.389 e. The van der Waals surface area contributed by atoms with E-state index in [-0.39, 0.29) is 10.8 Å². The van der Waals surface area contributed by atoms with Gasteiger partial charge in [-0.1, -0.05) is 19.1 Å². The van der Waals surface area contributed by atoms with Gasteiger partial charge in [-0.15, -0.1) is 0 Å². The molecular weight excluding hydrogens is 255 g/mol. The number of halogens is 1. The minimum atomic E-state index is -0.323. The first-order valence-electron chi connectivity index (χ1n) is 5.40. The van der Waals surface area contributed by atoms with Gasteiger partial charge in [0.05, 0.1) is 0 Å². The molecule has 0 heterocycles. The van der Waals surface area contributed by atoms with Gasteiger partial charge in [0.1, 0.15) is 10.8 Å².